The molecule has 0 spiro atoms. The molecule has 0 atom stereocenters. The minimum absolute atomic E-state index is 0.0590. The average molecular weight is 222 g/mol. The van der Waals surface area contributed by atoms with E-state index < -0.39 is 0 Å². The number of nitrogens with two attached hydrogens (primary N) is 1. The minimum Gasteiger partial charge on any atom is -0.399 e. The van der Waals surface area contributed by atoms with Crippen molar-refractivity contribution in [3.05, 3.63) is 24.3 Å². The lowest BCUT2D eigenvalue weighted by molar-refractivity contribution is -0.124. The van der Waals surface area contributed by atoms with E-state index in [4.69, 9.17) is 10.5 Å². The standard InChI is InChI=1S/C12H18N2O2/c1-9(2)16-8-12(15)14(3)11-6-4-10(13)5-7-11/h4-7,9H,8,13H2,1-3H3. The van der Waals surface area contributed by atoms with Crippen LogP contribution in [-0.4, -0.2) is 25.7 Å². The van der Waals surface area contributed by atoms with Crippen molar-refractivity contribution in [2.45, 2.75) is 20.0 Å². The van der Waals surface area contributed by atoms with Crippen LogP contribution in [0.25, 0.3) is 0 Å². The number of nitrogens with zero attached hydrogens (tertiary/aromatic N) is 1. The SMILES string of the molecule is CC(C)OCC(=O)N(C)c1ccc(N)cc1. The molecule has 0 saturated heterocycles. The molecule has 1 aromatic rings. The van der Waals surface area contributed by atoms with Gasteiger partial charge in [-0.15, -0.1) is 0 Å². The zero-order valence-electron chi connectivity index (χ0n) is 9.93. The maximum absolute atomic E-state index is 11.7. The Morgan fingerprint density at radius 2 is 1.94 bits per heavy atom. The number of amides is 1. The van der Waals surface area contributed by atoms with Gasteiger partial charge in [0.2, 0.25) is 0 Å². The minimum atomic E-state index is -0.0709. The van der Waals surface area contributed by atoms with Crippen molar-refractivity contribution < 1.29 is 9.53 Å². The normalized spacial score (nSPS) is 10.5. The fraction of sp³-hybridized carbons (Fsp3) is 0.417. The van der Waals surface area contributed by atoms with Gasteiger partial charge in [0.15, 0.2) is 0 Å². The van der Waals surface area contributed by atoms with Crippen molar-refractivity contribution >= 4 is 17.3 Å². The Labute approximate surface area is 96.0 Å². The molecule has 1 aromatic carbocycles. The molecule has 4 heteroatoms. The lowest BCUT2D eigenvalue weighted by Crippen LogP contribution is -2.31. The molecule has 0 aromatic heterocycles. The third kappa shape index (κ3) is 3.55. The van der Waals surface area contributed by atoms with Crippen LogP contribution in [-0.2, 0) is 9.53 Å². The number of likely N-dealkylation sites (N-methyl/N-ethyl adjacent to an activating group) is 1. The van der Waals surface area contributed by atoms with E-state index in [9.17, 15) is 4.79 Å². The number of anilines is 2. The molecule has 0 radical (unpaired) electrons. The van der Waals surface area contributed by atoms with Crippen LogP contribution in [0.1, 0.15) is 13.8 Å². The van der Waals surface area contributed by atoms with Crippen molar-refractivity contribution in [1.82, 2.24) is 0 Å². The summed E-state index contributed by atoms with van der Waals surface area (Å²) in [4.78, 5) is 13.3. The fourth-order valence-electron chi connectivity index (χ4n) is 1.18. The molecule has 0 heterocycles. The first kappa shape index (κ1) is 12.5. The first-order chi connectivity index (χ1) is 7.50. The van der Waals surface area contributed by atoms with E-state index in [0.29, 0.717) is 5.69 Å². The summed E-state index contributed by atoms with van der Waals surface area (Å²) in [6.07, 6.45) is 0.0590. The summed E-state index contributed by atoms with van der Waals surface area (Å²) < 4.78 is 5.25. The van der Waals surface area contributed by atoms with Crippen LogP contribution in [0.4, 0.5) is 11.4 Å². The second-order valence-corrected chi connectivity index (χ2v) is 3.90. The summed E-state index contributed by atoms with van der Waals surface area (Å²) in [5.41, 5.74) is 7.07. The summed E-state index contributed by atoms with van der Waals surface area (Å²) in [6, 6.07) is 7.15. The van der Waals surface area contributed by atoms with Crippen LogP contribution in [0.15, 0.2) is 24.3 Å². The van der Waals surface area contributed by atoms with Gasteiger partial charge >= 0.3 is 0 Å². The molecule has 1 amide bonds. The summed E-state index contributed by atoms with van der Waals surface area (Å²) in [7, 11) is 1.72. The first-order valence-electron chi connectivity index (χ1n) is 5.24. The Morgan fingerprint density at radius 3 is 2.44 bits per heavy atom. The number of ether oxygens (including phenoxy) is 1. The van der Waals surface area contributed by atoms with Crippen molar-refractivity contribution in [1.29, 1.82) is 0 Å². The Bertz CT molecular complexity index is 347. The van der Waals surface area contributed by atoms with Gasteiger partial charge in [-0.2, -0.15) is 0 Å². The van der Waals surface area contributed by atoms with Gasteiger partial charge in [0.25, 0.3) is 5.91 Å². The molecule has 4 nitrogen and oxygen atoms in total. The van der Waals surface area contributed by atoms with Gasteiger partial charge in [0, 0.05) is 18.4 Å². The predicted molar refractivity (Wildman–Crippen MR) is 65.4 cm³/mol. The highest BCUT2D eigenvalue weighted by atomic mass is 16.5. The van der Waals surface area contributed by atoms with E-state index in [1.165, 1.54) is 0 Å². The van der Waals surface area contributed by atoms with Crippen molar-refractivity contribution in [2.24, 2.45) is 0 Å². The highest BCUT2D eigenvalue weighted by molar-refractivity contribution is 5.93. The monoisotopic (exact) mass is 222 g/mol. The van der Waals surface area contributed by atoms with E-state index in [1.807, 2.05) is 26.0 Å². The molecule has 2 N–H and O–H groups in total. The zero-order valence-corrected chi connectivity index (χ0v) is 9.93. The highest BCUT2D eigenvalue weighted by Gasteiger charge is 2.11. The van der Waals surface area contributed by atoms with Crippen molar-refractivity contribution in [2.75, 3.05) is 24.3 Å². The largest absolute Gasteiger partial charge is 0.399 e. The molecule has 1 rings (SSSR count). The third-order valence-corrected chi connectivity index (χ3v) is 2.19. The van der Waals surface area contributed by atoms with Gasteiger partial charge in [-0.25, -0.2) is 0 Å². The summed E-state index contributed by atoms with van der Waals surface area (Å²) in [5.74, 6) is -0.0709. The van der Waals surface area contributed by atoms with Crippen molar-refractivity contribution in [3.8, 4) is 0 Å². The third-order valence-electron chi connectivity index (χ3n) is 2.19. The molecule has 0 aliphatic rings. The highest BCUT2D eigenvalue weighted by Crippen LogP contribution is 2.14. The maximum Gasteiger partial charge on any atom is 0.252 e. The Balaban J connectivity index is 2.59. The number of carbonyl (C=O) groups is 1. The zero-order chi connectivity index (χ0) is 12.1. The van der Waals surface area contributed by atoms with E-state index >= 15 is 0 Å². The van der Waals surface area contributed by atoms with Crippen LogP contribution in [0.5, 0.6) is 0 Å². The molecular formula is C12H18N2O2. The quantitative estimate of drug-likeness (QED) is 0.788. The van der Waals surface area contributed by atoms with Crippen LogP contribution < -0.4 is 10.6 Å². The van der Waals surface area contributed by atoms with Gasteiger partial charge in [-0.1, -0.05) is 0 Å². The molecular weight excluding hydrogens is 204 g/mol. The molecule has 0 unspecified atom stereocenters. The van der Waals surface area contributed by atoms with E-state index in [-0.39, 0.29) is 18.6 Å². The number of hydrogen-bond donors (Lipinski definition) is 1. The lowest BCUT2D eigenvalue weighted by Gasteiger charge is -2.18. The smallest absolute Gasteiger partial charge is 0.252 e. The average Bonchev–Trinajstić information content (AvgIpc) is 2.26. The number of hydrogen-bond acceptors (Lipinski definition) is 3. The Kier molecular flexibility index (Phi) is 4.31. The predicted octanol–water partition coefficient (Wildman–Crippen LogP) is 1.66. The van der Waals surface area contributed by atoms with Gasteiger partial charge in [-0.05, 0) is 38.1 Å². The van der Waals surface area contributed by atoms with Crippen LogP contribution >= 0.6 is 0 Å². The number of nitrogen functional groups attached to an aromatic ring is 1. The van der Waals surface area contributed by atoms with E-state index in [1.54, 1.807) is 24.1 Å². The first-order valence-corrected chi connectivity index (χ1v) is 5.24. The lowest BCUT2D eigenvalue weighted by atomic mass is 10.2. The van der Waals surface area contributed by atoms with Crippen molar-refractivity contribution in [3.63, 3.8) is 0 Å². The number of rotatable bonds is 4. The van der Waals surface area contributed by atoms with Crippen LogP contribution in [0.2, 0.25) is 0 Å². The summed E-state index contributed by atoms with van der Waals surface area (Å²) in [5, 5.41) is 0. The second kappa shape index (κ2) is 5.51. The number of carbonyl (C=O) groups excluding carboxylic acids is 1. The molecule has 0 aliphatic carbocycles. The van der Waals surface area contributed by atoms with Gasteiger partial charge in [0.05, 0.1) is 6.10 Å². The Morgan fingerprint density at radius 1 is 1.38 bits per heavy atom. The summed E-state index contributed by atoms with van der Waals surface area (Å²) in [6.45, 7) is 3.89. The molecule has 0 bridgehead atoms. The maximum atomic E-state index is 11.7. The molecule has 0 fully saturated rings. The summed E-state index contributed by atoms with van der Waals surface area (Å²) >= 11 is 0. The van der Waals surface area contributed by atoms with E-state index in [0.717, 1.165) is 5.69 Å². The Hall–Kier alpha value is -1.55. The van der Waals surface area contributed by atoms with Gasteiger partial charge in [0.1, 0.15) is 6.61 Å². The van der Waals surface area contributed by atoms with E-state index in [2.05, 4.69) is 0 Å². The van der Waals surface area contributed by atoms with Gasteiger partial charge in [-0.3, -0.25) is 4.79 Å². The number of benzene rings is 1. The molecule has 0 aliphatic heterocycles. The van der Waals surface area contributed by atoms with Gasteiger partial charge < -0.3 is 15.4 Å². The fourth-order valence-corrected chi connectivity index (χ4v) is 1.18. The topological polar surface area (TPSA) is 55.6 Å². The molecule has 88 valence electrons. The molecule has 0 saturated carbocycles. The van der Waals surface area contributed by atoms with Crippen LogP contribution in [0.3, 0.4) is 0 Å². The molecule has 16 heavy (non-hydrogen) atoms. The second-order valence-electron chi connectivity index (χ2n) is 3.90. The van der Waals surface area contributed by atoms with Crippen LogP contribution in [0, 0.1) is 0 Å².